The van der Waals surface area contributed by atoms with E-state index in [9.17, 15) is 9.59 Å². The fourth-order valence-electron chi connectivity index (χ4n) is 1.55. The lowest BCUT2D eigenvalue weighted by atomic mass is 9.98. The molecule has 1 aliphatic rings. The van der Waals surface area contributed by atoms with Gasteiger partial charge in [-0.05, 0) is 19.4 Å². The van der Waals surface area contributed by atoms with Gasteiger partial charge in [0.05, 0.1) is 12.5 Å². The van der Waals surface area contributed by atoms with Crippen molar-refractivity contribution in [3.8, 4) is 0 Å². The van der Waals surface area contributed by atoms with Crippen molar-refractivity contribution < 1.29 is 19.8 Å². The molecule has 1 fully saturated rings. The number of carbonyl (C=O) groups is 2. The van der Waals surface area contributed by atoms with Crippen molar-refractivity contribution in [2.45, 2.75) is 18.9 Å². The number of piperidine rings is 1. The Labute approximate surface area is 87.7 Å². The molecular weight excluding hydrogens is 200 g/mol. The van der Waals surface area contributed by atoms with Crippen LogP contribution in [-0.2, 0) is 9.59 Å². The summed E-state index contributed by atoms with van der Waals surface area (Å²) < 4.78 is 0. The van der Waals surface area contributed by atoms with Crippen molar-refractivity contribution in [2.24, 2.45) is 5.92 Å². The Morgan fingerprint density at radius 2 is 2.27 bits per heavy atom. The molecule has 0 bridgehead atoms. The predicted molar refractivity (Wildman–Crippen MR) is 52.2 cm³/mol. The van der Waals surface area contributed by atoms with Gasteiger partial charge in [0.15, 0.2) is 0 Å². The van der Waals surface area contributed by atoms with E-state index in [1.807, 2.05) is 0 Å². The number of rotatable bonds is 4. The number of nitrogens with one attached hydrogen (secondary N) is 2. The molecule has 0 spiro atoms. The molecule has 0 aromatic heterocycles. The zero-order valence-electron chi connectivity index (χ0n) is 8.40. The quantitative estimate of drug-likeness (QED) is 0.461. The SMILES string of the molecule is O=C(NC(CO)C(=O)O)C1CCCNC1. The van der Waals surface area contributed by atoms with Crippen molar-refractivity contribution >= 4 is 11.9 Å². The van der Waals surface area contributed by atoms with Gasteiger partial charge >= 0.3 is 5.97 Å². The van der Waals surface area contributed by atoms with Crippen LogP contribution in [0.25, 0.3) is 0 Å². The first-order chi connectivity index (χ1) is 7.15. The molecule has 15 heavy (non-hydrogen) atoms. The second-order valence-corrected chi connectivity index (χ2v) is 3.63. The van der Waals surface area contributed by atoms with Crippen LogP contribution in [-0.4, -0.2) is 47.8 Å². The molecule has 2 atom stereocenters. The number of aliphatic hydroxyl groups excluding tert-OH is 1. The maximum absolute atomic E-state index is 11.5. The average molecular weight is 216 g/mol. The smallest absolute Gasteiger partial charge is 0.328 e. The summed E-state index contributed by atoms with van der Waals surface area (Å²) in [5, 5.41) is 22.7. The topological polar surface area (TPSA) is 98.7 Å². The predicted octanol–water partition coefficient (Wildman–Crippen LogP) is -1.45. The first kappa shape index (κ1) is 11.9. The van der Waals surface area contributed by atoms with Crippen molar-refractivity contribution in [3.05, 3.63) is 0 Å². The van der Waals surface area contributed by atoms with E-state index in [0.29, 0.717) is 6.54 Å². The third-order valence-electron chi connectivity index (χ3n) is 2.46. The molecule has 1 heterocycles. The summed E-state index contributed by atoms with van der Waals surface area (Å²) in [6.45, 7) is 0.886. The lowest BCUT2D eigenvalue weighted by Crippen LogP contribution is -2.48. The zero-order chi connectivity index (χ0) is 11.3. The summed E-state index contributed by atoms with van der Waals surface area (Å²) in [6, 6.07) is -1.19. The Hall–Kier alpha value is -1.14. The molecule has 4 N–H and O–H groups in total. The normalized spacial score (nSPS) is 23.1. The molecule has 1 aliphatic heterocycles. The van der Waals surface area contributed by atoms with Gasteiger partial charge in [0.1, 0.15) is 6.04 Å². The number of carboxylic acid groups (broad SMARTS) is 1. The molecule has 2 unspecified atom stereocenters. The molecule has 1 amide bonds. The highest BCUT2D eigenvalue weighted by Gasteiger charge is 2.25. The monoisotopic (exact) mass is 216 g/mol. The van der Waals surface area contributed by atoms with E-state index < -0.39 is 18.6 Å². The van der Waals surface area contributed by atoms with Gasteiger partial charge in [0.25, 0.3) is 0 Å². The fourth-order valence-corrected chi connectivity index (χ4v) is 1.55. The van der Waals surface area contributed by atoms with E-state index in [4.69, 9.17) is 10.2 Å². The largest absolute Gasteiger partial charge is 0.480 e. The zero-order valence-corrected chi connectivity index (χ0v) is 8.40. The van der Waals surface area contributed by atoms with Gasteiger partial charge < -0.3 is 20.8 Å². The minimum absolute atomic E-state index is 0.188. The molecule has 0 saturated carbocycles. The highest BCUT2D eigenvalue weighted by molar-refractivity contribution is 5.85. The molecule has 86 valence electrons. The lowest BCUT2D eigenvalue weighted by molar-refractivity contribution is -0.143. The number of carboxylic acids is 1. The number of hydrogen-bond donors (Lipinski definition) is 4. The van der Waals surface area contributed by atoms with Crippen LogP contribution < -0.4 is 10.6 Å². The molecule has 0 radical (unpaired) electrons. The summed E-state index contributed by atoms with van der Waals surface area (Å²) in [5.41, 5.74) is 0. The number of carbonyl (C=O) groups excluding carboxylic acids is 1. The Bertz CT molecular complexity index is 238. The summed E-state index contributed by atoms with van der Waals surface area (Å²) >= 11 is 0. The second-order valence-electron chi connectivity index (χ2n) is 3.63. The summed E-state index contributed by atoms with van der Waals surface area (Å²) in [7, 11) is 0. The van der Waals surface area contributed by atoms with Crippen molar-refractivity contribution in [2.75, 3.05) is 19.7 Å². The third kappa shape index (κ3) is 3.49. The third-order valence-corrected chi connectivity index (χ3v) is 2.46. The molecule has 6 heteroatoms. The number of hydrogen-bond acceptors (Lipinski definition) is 4. The Morgan fingerprint density at radius 1 is 1.53 bits per heavy atom. The Balaban J connectivity index is 2.42. The van der Waals surface area contributed by atoms with Gasteiger partial charge in [-0.1, -0.05) is 0 Å². The number of aliphatic carboxylic acids is 1. The van der Waals surface area contributed by atoms with E-state index in [0.717, 1.165) is 19.4 Å². The van der Waals surface area contributed by atoms with E-state index >= 15 is 0 Å². The first-order valence-electron chi connectivity index (χ1n) is 5.00. The lowest BCUT2D eigenvalue weighted by Gasteiger charge is -2.23. The maximum Gasteiger partial charge on any atom is 0.328 e. The number of amides is 1. The van der Waals surface area contributed by atoms with Gasteiger partial charge in [-0.15, -0.1) is 0 Å². The molecule has 1 rings (SSSR count). The average Bonchev–Trinajstić information content (AvgIpc) is 2.26. The standard InChI is InChI=1S/C9H16N2O4/c12-5-7(9(14)15)11-8(13)6-2-1-3-10-4-6/h6-7,10,12H,1-5H2,(H,11,13)(H,14,15). The second kappa shape index (κ2) is 5.67. The molecule has 6 nitrogen and oxygen atoms in total. The van der Waals surface area contributed by atoms with Crippen LogP contribution >= 0.6 is 0 Å². The highest BCUT2D eigenvalue weighted by Crippen LogP contribution is 2.09. The van der Waals surface area contributed by atoms with Crippen LogP contribution in [0.3, 0.4) is 0 Å². The molecule has 0 aromatic carbocycles. The first-order valence-corrected chi connectivity index (χ1v) is 5.00. The van der Waals surface area contributed by atoms with Gasteiger partial charge in [-0.3, -0.25) is 4.79 Å². The Morgan fingerprint density at radius 3 is 2.73 bits per heavy atom. The van der Waals surface area contributed by atoms with E-state index in [1.54, 1.807) is 0 Å². The van der Waals surface area contributed by atoms with E-state index in [2.05, 4.69) is 10.6 Å². The van der Waals surface area contributed by atoms with E-state index in [1.165, 1.54) is 0 Å². The molecular formula is C9H16N2O4. The van der Waals surface area contributed by atoms with Crippen LogP contribution in [0.15, 0.2) is 0 Å². The van der Waals surface area contributed by atoms with Gasteiger partial charge in [-0.25, -0.2) is 4.79 Å². The summed E-state index contributed by atoms with van der Waals surface area (Å²) in [6.07, 6.45) is 1.67. The molecule has 0 aromatic rings. The minimum Gasteiger partial charge on any atom is -0.480 e. The fraction of sp³-hybridized carbons (Fsp3) is 0.778. The molecule has 0 aliphatic carbocycles. The van der Waals surface area contributed by atoms with Crippen LogP contribution in [0.2, 0.25) is 0 Å². The van der Waals surface area contributed by atoms with Crippen molar-refractivity contribution in [1.82, 2.24) is 10.6 Å². The Kier molecular flexibility index (Phi) is 4.51. The minimum atomic E-state index is -1.21. The molecule has 1 saturated heterocycles. The van der Waals surface area contributed by atoms with Gasteiger partial charge in [0.2, 0.25) is 5.91 Å². The highest BCUT2D eigenvalue weighted by atomic mass is 16.4. The summed E-state index contributed by atoms with van der Waals surface area (Å²) in [5.74, 6) is -1.70. The van der Waals surface area contributed by atoms with Crippen LogP contribution in [0, 0.1) is 5.92 Å². The summed E-state index contributed by atoms with van der Waals surface area (Å²) in [4.78, 5) is 22.1. The van der Waals surface area contributed by atoms with Gasteiger partial charge in [0, 0.05) is 6.54 Å². The van der Waals surface area contributed by atoms with E-state index in [-0.39, 0.29) is 11.8 Å². The van der Waals surface area contributed by atoms with Gasteiger partial charge in [-0.2, -0.15) is 0 Å². The van der Waals surface area contributed by atoms with Crippen LogP contribution in [0.5, 0.6) is 0 Å². The van der Waals surface area contributed by atoms with Crippen LogP contribution in [0.4, 0.5) is 0 Å². The number of aliphatic hydroxyl groups is 1. The van der Waals surface area contributed by atoms with Crippen LogP contribution in [0.1, 0.15) is 12.8 Å². The maximum atomic E-state index is 11.5. The van der Waals surface area contributed by atoms with Crippen molar-refractivity contribution in [3.63, 3.8) is 0 Å². The van der Waals surface area contributed by atoms with Crippen molar-refractivity contribution in [1.29, 1.82) is 0 Å².